The maximum Gasteiger partial charge on any atom is 0.305 e. The number of carbonyl (C=O) groups is 1. The molecule has 6 heteroatoms. The number of methoxy groups -OCH3 is 1. The van der Waals surface area contributed by atoms with Crippen molar-refractivity contribution in [2.75, 3.05) is 46.4 Å². The van der Waals surface area contributed by atoms with Crippen LogP contribution in [0.2, 0.25) is 0 Å². The lowest BCUT2D eigenvalue weighted by atomic mass is 9.44. The molecule has 6 nitrogen and oxygen atoms in total. The zero-order valence-electron chi connectivity index (χ0n) is 26.6. The van der Waals surface area contributed by atoms with Gasteiger partial charge in [-0.05, 0) is 169 Å². The first-order valence-electron chi connectivity index (χ1n) is 17.2. The average Bonchev–Trinajstić information content (AvgIpc) is 3.32. The van der Waals surface area contributed by atoms with Crippen molar-refractivity contribution in [2.45, 2.75) is 117 Å². The molecule has 0 spiro atoms. The molecule has 0 bridgehead atoms. The van der Waals surface area contributed by atoms with Gasteiger partial charge in [0.15, 0.2) is 0 Å². The smallest absolute Gasteiger partial charge is 0.305 e. The number of esters is 1. The molecule has 0 heterocycles. The SMILES string of the molecule is COC(=O)CC[C@@H](C)[C@H]1CCC2C3CCC4C[C@@H](NCCCN(CCCN)CCCN)CC[C@]4(C)C3CC[C@@]21C. The topological polar surface area (TPSA) is 93.6 Å². The van der Waals surface area contributed by atoms with Crippen molar-refractivity contribution in [3.05, 3.63) is 0 Å². The first-order valence-corrected chi connectivity index (χ1v) is 17.2. The van der Waals surface area contributed by atoms with Crippen LogP contribution in [0, 0.1) is 46.3 Å². The van der Waals surface area contributed by atoms with Crippen molar-refractivity contribution in [1.82, 2.24) is 10.2 Å². The van der Waals surface area contributed by atoms with Crippen LogP contribution in [0.3, 0.4) is 0 Å². The molecular weight excluding hydrogens is 496 g/mol. The molecular formula is C34H64N4O2. The predicted molar refractivity (Wildman–Crippen MR) is 166 cm³/mol. The van der Waals surface area contributed by atoms with E-state index in [9.17, 15) is 4.79 Å². The van der Waals surface area contributed by atoms with Gasteiger partial charge in [-0.1, -0.05) is 20.8 Å². The highest BCUT2D eigenvalue weighted by Gasteiger charge is 2.60. The third kappa shape index (κ3) is 7.09. The van der Waals surface area contributed by atoms with E-state index in [0.717, 1.165) is 88.1 Å². The summed E-state index contributed by atoms with van der Waals surface area (Å²) in [5.74, 6) is 4.99. The molecule has 232 valence electrons. The van der Waals surface area contributed by atoms with Gasteiger partial charge in [0.05, 0.1) is 7.11 Å². The van der Waals surface area contributed by atoms with Gasteiger partial charge in [0.2, 0.25) is 0 Å². The van der Waals surface area contributed by atoms with Crippen LogP contribution in [-0.4, -0.2) is 63.3 Å². The summed E-state index contributed by atoms with van der Waals surface area (Å²) in [6.07, 6.45) is 17.6. The van der Waals surface area contributed by atoms with E-state index < -0.39 is 0 Å². The standard InChI is InChI=1S/C34H64N4O2/c1-25(8-13-32(39)40-4)29-11-12-30-28-10-9-26-24-27(14-16-33(26,2)31(28)15-17-34(29,30)3)37-20-7-23-38(21-5-18-35)22-6-19-36/h25-31,37H,5-24,35-36H2,1-4H3/t25-,26?,27+,28?,29-,30?,31?,33+,34-/m1/s1. The molecule has 4 saturated carbocycles. The van der Waals surface area contributed by atoms with E-state index >= 15 is 0 Å². The highest BCUT2D eigenvalue weighted by Crippen LogP contribution is 2.68. The second kappa shape index (κ2) is 14.7. The zero-order chi connectivity index (χ0) is 28.8. The Morgan fingerprint density at radius 3 is 2.30 bits per heavy atom. The van der Waals surface area contributed by atoms with E-state index in [-0.39, 0.29) is 5.97 Å². The zero-order valence-corrected chi connectivity index (χ0v) is 26.6. The highest BCUT2D eigenvalue weighted by molar-refractivity contribution is 5.69. The monoisotopic (exact) mass is 561 g/mol. The molecule has 9 atom stereocenters. The first kappa shape index (κ1) is 32.2. The number of hydrogen-bond donors (Lipinski definition) is 3. The Balaban J connectivity index is 1.27. The van der Waals surface area contributed by atoms with Crippen LogP contribution < -0.4 is 16.8 Å². The van der Waals surface area contributed by atoms with Crippen molar-refractivity contribution in [1.29, 1.82) is 0 Å². The number of carbonyl (C=O) groups excluding carboxylic acids is 1. The first-order chi connectivity index (χ1) is 19.3. The fraction of sp³-hybridized carbons (Fsp3) is 0.971. The van der Waals surface area contributed by atoms with Crippen molar-refractivity contribution >= 4 is 5.97 Å². The minimum absolute atomic E-state index is 0.0430. The number of fused-ring (bicyclic) bond motifs is 5. The van der Waals surface area contributed by atoms with E-state index in [1.807, 2.05) is 0 Å². The molecule has 0 aromatic rings. The molecule has 4 rings (SSSR count). The molecule has 0 saturated heterocycles. The lowest BCUT2D eigenvalue weighted by Gasteiger charge is -2.61. The molecule has 40 heavy (non-hydrogen) atoms. The maximum absolute atomic E-state index is 11.8. The molecule has 4 unspecified atom stereocenters. The van der Waals surface area contributed by atoms with Crippen molar-refractivity contribution in [2.24, 2.45) is 57.8 Å². The van der Waals surface area contributed by atoms with Gasteiger partial charge in [-0.25, -0.2) is 0 Å². The minimum Gasteiger partial charge on any atom is -0.469 e. The van der Waals surface area contributed by atoms with Crippen molar-refractivity contribution in [3.8, 4) is 0 Å². The molecule has 5 N–H and O–H groups in total. The van der Waals surface area contributed by atoms with Crippen LogP contribution in [0.1, 0.15) is 111 Å². The quantitative estimate of drug-likeness (QED) is 0.179. The lowest BCUT2D eigenvalue weighted by Crippen LogP contribution is -2.55. The second-order valence-corrected chi connectivity index (χ2v) is 14.9. The number of nitrogens with one attached hydrogen (secondary N) is 1. The van der Waals surface area contributed by atoms with Gasteiger partial charge in [-0.15, -0.1) is 0 Å². The van der Waals surface area contributed by atoms with E-state index in [0.29, 0.717) is 29.2 Å². The van der Waals surface area contributed by atoms with E-state index in [4.69, 9.17) is 16.2 Å². The summed E-state index contributed by atoms with van der Waals surface area (Å²) in [5, 5.41) is 3.99. The Morgan fingerprint density at radius 2 is 1.60 bits per heavy atom. The van der Waals surface area contributed by atoms with Gasteiger partial charge in [0, 0.05) is 12.5 Å². The summed E-state index contributed by atoms with van der Waals surface area (Å²) in [6.45, 7) is 13.8. The lowest BCUT2D eigenvalue weighted by molar-refractivity contribution is -0.141. The minimum atomic E-state index is -0.0430. The van der Waals surface area contributed by atoms with Crippen LogP contribution in [0.5, 0.6) is 0 Å². The summed E-state index contributed by atoms with van der Waals surface area (Å²) in [6, 6.07) is 0.705. The Labute approximate surface area is 246 Å². The van der Waals surface area contributed by atoms with Crippen LogP contribution in [-0.2, 0) is 9.53 Å². The summed E-state index contributed by atoms with van der Waals surface area (Å²) in [4.78, 5) is 14.4. The van der Waals surface area contributed by atoms with Crippen LogP contribution in [0.25, 0.3) is 0 Å². The maximum atomic E-state index is 11.8. The Hall–Kier alpha value is -0.690. The van der Waals surface area contributed by atoms with E-state index in [2.05, 4.69) is 31.0 Å². The Morgan fingerprint density at radius 1 is 0.925 bits per heavy atom. The number of rotatable bonds is 15. The van der Waals surface area contributed by atoms with Gasteiger partial charge in [-0.2, -0.15) is 0 Å². The number of hydrogen-bond acceptors (Lipinski definition) is 6. The molecule has 4 aliphatic rings. The van der Waals surface area contributed by atoms with E-state index in [1.165, 1.54) is 71.3 Å². The summed E-state index contributed by atoms with van der Waals surface area (Å²) >= 11 is 0. The van der Waals surface area contributed by atoms with Gasteiger partial charge >= 0.3 is 5.97 Å². The number of ether oxygens (including phenoxy) is 1. The largest absolute Gasteiger partial charge is 0.469 e. The average molecular weight is 561 g/mol. The van der Waals surface area contributed by atoms with Crippen LogP contribution in [0.15, 0.2) is 0 Å². The fourth-order valence-corrected chi connectivity index (χ4v) is 10.6. The number of nitrogens with two attached hydrogens (primary N) is 2. The van der Waals surface area contributed by atoms with Gasteiger partial charge in [0.25, 0.3) is 0 Å². The van der Waals surface area contributed by atoms with Crippen LogP contribution >= 0.6 is 0 Å². The summed E-state index contributed by atoms with van der Waals surface area (Å²) in [7, 11) is 1.52. The summed E-state index contributed by atoms with van der Waals surface area (Å²) in [5.41, 5.74) is 12.5. The second-order valence-electron chi connectivity index (χ2n) is 14.9. The van der Waals surface area contributed by atoms with Gasteiger partial charge in [-0.3, -0.25) is 4.79 Å². The fourth-order valence-electron chi connectivity index (χ4n) is 10.6. The number of nitrogens with zero attached hydrogens (tertiary/aromatic N) is 1. The van der Waals surface area contributed by atoms with Gasteiger partial charge < -0.3 is 26.4 Å². The van der Waals surface area contributed by atoms with E-state index in [1.54, 1.807) is 0 Å². The third-order valence-corrected chi connectivity index (χ3v) is 12.9. The Kier molecular flexibility index (Phi) is 11.8. The molecule has 0 amide bonds. The summed E-state index contributed by atoms with van der Waals surface area (Å²) < 4.78 is 4.94. The normalized spacial score (nSPS) is 38.0. The highest BCUT2D eigenvalue weighted by atomic mass is 16.5. The molecule has 0 radical (unpaired) electrons. The molecule has 0 aliphatic heterocycles. The van der Waals surface area contributed by atoms with Crippen molar-refractivity contribution in [3.63, 3.8) is 0 Å². The Bertz CT molecular complexity index is 786. The molecule has 4 fully saturated rings. The third-order valence-electron chi connectivity index (χ3n) is 12.9. The molecule has 4 aliphatic carbocycles. The molecule has 0 aromatic heterocycles. The molecule has 0 aromatic carbocycles. The van der Waals surface area contributed by atoms with Crippen molar-refractivity contribution < 1.29 is 9.53 Å². The van der Waals surface area contributed by atoms with Gasteiger partial charge in [0.1, 0.15) is 0 Å². The van der Waals surface area contributed by atoms with Crippen LogP contribution in [0.4, 0.5) is 0 Å². The predicted octanol–water partition coefficient (Wildman–Crippen LogP) is 5.58.